The Labute approximate surface area is 111 Å². The molecule has 100 valence electrons. The lowest BCUT2D eigenvalue weighted by Crippen LogP contribution is -2.35. The molecule has 0 atom stereocenters. The molecule has 1 aliphatic rings. The molecule has 1 aliphatic heterocycles. The fraction of sp³-hybridized carbons (Fsp3) is 0.625. The van der Waals surface area contributed by atoms with Gasteiger partial charge in [-0.05, 0) is 50.9 Å². The van der Waals surface area contributed by atoms with E-state index < -0.39 is 0 Å². The molecular formula is C16H26N2. The zero-order chi connectivity index (χ0) is 12.8. The van der Waals surface area contributed by atoms with E-state index in [0.717, 1.165) is 13.1 Å². The second-order valence-electron chi connectivity index (χ2n) is 5.51. The maximum absolute atomic E-state index is 3.58. The molecule has 0 aliphatic carbocycles. The molecule has 0 spiro atoms. The van der Waals surface area contributed by atoms with Crippen LogP contribution in [0.4, 0.5) is 0 Å². The van der Waals surface area contributed by atoms with Gasteiger partial charge in [-0.25, -0.2) is 0 Å². The van der Waals surface area contributed by atoms with Gasteiger partial charge in [0.2, 0.25) is 0 Å². The molecule has 2 nitrogen and oxygen atoms in total. The predicted molar refractivity (Wildman–Crippen MR) is 77.9 cm³/mol. The van der Waals surface area contributed by atoms with Crippen LogP contribution in [-0.4, -0.2) is 31.1 Å². The topological polar surface area (TPSA) is 15.3 Å². The fourth-order valence-corrected chi connectivity index (χ4v) is 2.63. The third-order valence-corrected chi connectivity index (χ3v) is 3.87. The van der Waals surface area contributed by atoms with Gasteiger partial charge in [-0.15, -0.1) is 0 Å². The maximum Gasteiger partial charge on any atom is 0.0208 e. The van der Waals surface area contributed by atoms with Crippen LogP contribution < -0.4 is 5.32 Å². The zero-order valence-corrected chi connectivity index (χ0v) is 11.8. The molecule has 0 amide bonds. The molecule has 0 unspecified atom stereocenters. The van der Waals surface area contributed by atoms with Crippen molar-refractivity contribution in [1.82, 2.24) is 10.2 Å². The predicted octanol–water partition coefficient (Wildman–Crippen LogP) is 2.88. The van der Waals surface area contributed by atoms with E-state index in [2.05, 4.69) is 42.3 Å². The molecule has 0 aromatic heterocycles. The SMILES string of the molecule is Cc1ccc(C)c(CNCCN2CCCCC2)c1. The number of nitrogens with zero attached hydrogens (tertiary/aromatic N) is 1. The lowest BCUT2D eigenvalue weighted by atomic mass is 10.1. The third kappa shape index (κ3) is 4.11. The first-order valence-electron chi connectivity index (χ1n) is 7.25. The third-order valence-electron chi connectivity index (χ3n) is 3.87. The molecule has 0 radical (unpaired) electrons. The summed E-state index contributed by atoms with van der Waals surface area (Å²) in [6.45, 7) is 10.3. The van der Waals surface area contributed by atoms with Gasteiger partial charge in [0.25, 0.3) is 0 Å². The van der Waals surface area contributed by atoms with Crippen molar-refractivity contribution < 1.29 is 0 Å². The number of hydrogen-bond donors (Lipinski definition) is 1. The normalized spacial score (nSPS) is 17.0. The largest absolute Gasteiger partial charge is 0.311 e. The highest BCUT2D eigenvalue weighted by atomic mass is 15.1. The molecule has 1 saturated heterocycles. The van der Waals surface area contributed by atoms with Crippen LogP contribution >= 0.6 is 0 Å². The Morgan fingerprint density at radius 1 is 1.11 bits per heavy atom. The van der Waals surface area contributed by atoms with Crippen molar-refractivity contribution in [3.8, 4) is 0 Å². The van der Waals surface area contributed by atoms with Crippen LogP contribution in [0.15, 0.2) is 18.2 Å². The van der Waals surface area contributed by atoms with Crippen molar-refractivity contribution in [2.24, 2.45) is 0 Å². The molecule has 0 bridgehead atoms. The van der Waals surface area contributed by atoms with Crippen molar-refractivity contribution >= 4 is 0 Å². The Balaban J connectivity index is 1.69. The summed E-state index contributed by atoms with van der Waals surface area (Å²) in [5.41, 5.74) is 4.19. The van der Waals surface area contributed by atoms with Crippen LogP contribution in [0.5, 0.6) is 0 Å². The van der Waals surface area contributed by atoms with E-state index in [0.29, 0.717) is 0 Å². The van der Waals surface area contributed by atoms with Gasteiger partial charge in [-0.3, -0.25) is 0 Å². The van der Waals surface area contributed by atoms with Gasteiger partial charge >= 0.3 is 0 Å². The first-order chi connectivity index (χ1) is 8.75. The molecule has 18 heavy (non-hydrogen) atoms. The summed E-state index contributed by atoms with van der Waals surface area (Å²) in [6.07, 6.45) is 4.19. The van der Waals surface area contributed by atoms with Crippen LogP contribution in [0.3, 0.4) is 0 Å². The van der Waals surface area contributed by atoms with E-state index in [-0.39, 0.29) is 0 Å². The van der Waals surface area contributed by atoms with Gasteiger partial charge < -0.3 is 10.2 Å². The zero-order valence-electron chi connectivity index (χ0n) is 11.8. The molecule has 0 saturated carbocycles. The summed E-state index contributed by atoms with van der Waals surface area (Å²) in [7, 11) is 0. The van der Waals surface area contributed by atoms with Crippen molar-refractivity contribution in [2.45, 2.75) is 39.7 Å². The maximum atomic E-state index is 3.58. The molecule has 1 heterocycles. The number of rotatable bonds is 5. The Kier molecular flexibility index (Phi) is 5.21. The van der Waals surface area contributed by atoms with E-state index in [4.69, 9.17) is 0 Å². The minimum Gasteiger partial charge on any atom is -0.311 e. The van der Waals surface area contributed by atoms with Crippen molar-refractivity contribution in [1.29, 1.82) is 0 Å². The first kappa shape index (κ1) is 13.6. The summed E-state index contributed by atoms with van der Waals surface area (Å²) < 4.78 is 0. The molecule has 1 N–H and O–H groups in total. The Morgan fingerprint density at radius 3 is 2.67 bits per heavy atom. The van der Waals surface area contributed by atoms with E-state index in [1.807, 2.05) is 0 Å². The van der Waals surface area contributed by atoms with Gasteiger partial charge in [0.15, 0.2) is 0 Å². The summed E-state index contributed by atoms with van der Waals surface area (Å²) in [6, 6.07) is 6.70. The number of aryl methyl sites for hydroxylation is 2. The number of likely N-dealkylation sites (tertiary alicyclic amines) is 1. The number of piperidine rings is 1. The summed E-state index contributed by atoms with van der Waals surface area (Å²) in [5, 5.41) is 3.58. The second-order valence-corrected chi connectivity index (χ2v) is 5.51. The highest BCUT2D eigenvalue weighted by Crippen LogP contribution is 2.10. The molecular weight excluding hydrogens is 220 g/mol. The minimum atomic E-state index is 1.00. The van der Waals surface area contributed by atoms with Crippen LogP contribution in [-0.2, 0) is 6.54 Å². The quantitative estimate of drug-likeness (QED) is 0.804. The second kappa shape index (κ2) is 6.91. The van der Waals surface area contributed by atoms with Gasteiger partial charge in [-0.2, -0.15) is 0 Å². The van der Waals surface area contributed by atoms with Crippen LogP contribution in [0.1, 0.15) is 36.0 Å². The number of nitrogens with one attached hydrogen (secondary N) is 1. The number of hydrogen-bond acceptors (Lipinski definition) is 2. The lowest BCUT2D eigenvalue weighted by molar-refractivity contribution is 0.229. The van der Waals surface area contributed by atoms with Crippen molar-refractivity contribution in [2.75, 3.05) is 26.2 Å². The molecule has 1 aromatic carbocycles. The van der Waals surface area contributed by atoms with Crippen LogP contribution in [0.25, 0.3) is 0 Å². The van der Waals surface area contributed by atoms with E-state index >= 15 is 0 Å². The van der Waals surface area contributed by atoms with Crippen molar-refractivity contribution in [3.05, 3.63) is 34.9 Å². The fourth-order valence-electron chi connectivity index (χ4n) is 2.63. The average molecular weight is 246 g/mol. The van der Waals surface area contributed by atoms with Crippen LogP contribution in [0, 0.1) is 13.8 Å². The molecule has 2 rings (SSSR count). The highest BCUT2D eigenvalue weighted by molar-refractivity contribution is 5.30. The molecule has 2 heteroatoms. The average Bonchev–Trinajstić information content (AvgIpc) is 2.40. The van der Waals surface area contributed by atoms with E-state index in [9.17, 15) is 0 Å². The smallest absolute Gasteiger partial charge is 0.0208 e. The standard InChI is InChI=1S/C16H26N2/c1-14-6-7-15(2)16(12-14)13-17-8-11-18-9-4-3-5-10-18/h6-7,12,17H,3-5,8-11,13H2,1-2H3. The van der Waals surface area contributed by atoms with Crippen LogP contribution in [0.2, 0.25) is 0 Å². The Bertz CT molecular complexity index is 367. The summed E-state index contributed by atoms with van der Waals surface area (Å²) >= 11 is 0. The van der Waals surface area contributed by atoms with E-state index in [1.165, 1.54) is 55.6 Å². The Hall–Kier alpha value is -0.860. The first-order valence-corrected chi connectivity index (χ1v) is 7.25. The van der Waals surface area contributed by atoms with Gasteiger partial charge in [-0.1, -0.05) is 30.2 Å². The lowest BCUT2D eigenvalue weighted by Gasteiger charge is -2.26. The minimum absolute atomic E-state index is 1.00. The highest BCUT2D eigenvalue weighted by Gasteiger charge is 2.08. The van der Waals surface area contributed by atoms with E-state index in [1.54, 1.807) is 0 Å². The van der Waals surface area contributed by atoms with Gasteiger partial charge in [0.1, 0.15) is 0 Å². The summed E-state index contributed by atoms with van der Waals surface area (Å²) in [4.78, 5) is 2.58. The summed E-state index contributed by atoms with van der Waals surface area (Å²) in [5.74, 6) is 0. The number of benzene rings is 1. The van der Waals surface area contributed by atoms with Crippen molar-refractivity contribution in [3.63, 3.8) is 0 Å². The molecule has 1 fully saturated rings. The Morgan fingerprint density at radius 2 is 1.89 bits per heavy atom. The monoisotopic (exact) mass is 246 g/mol. The van der Waals surface area contributed by atoms with Gasteiger partial charge in [0, 0.05) is 19.6 Å². The molecule has 1 aromatic rings. The van der Waals surface area contributed by atoms with Gasteiger partial charge in [0.05, 0.1) is 0 Å².